The number of anilines is 1. The molecule has 1 atom stereocenters. The second-order valence-electron chi connectivity index (χ2n) is 2.80. The number of benzene rings is 1. The predicted octanol–water partition coefficient (Wildman–Crippen LogP) is 2.32. The summed E-state index contributed by atoms with van der Waals surface area (Å²) >= 11 is 2.04. The minimum atomic E-state index is -0.0849. The normalized spacial score (nSPS) is 11.5. The van der Waals surface area contributed by atoms with E-state index in [2.05, 4.69) is 5.32 Å². The zero-order valence-electron chi connectivity index (χ0n) is 7.62. The van der Waals surface area contributed by atoms with Crippen LogP contribution in [0.25, 0.3) is 0 Å². The highest BCUT2D eigenvalue weighted by molar-refractivity contribution is 14.1. The lowest BCUT2D eigenvalue weighted by Gasteiger charge is -2.06. The van der Waals surface area contributed by atoms with Crippen LogP contribution in [-0.2, 0) is 4.79 Å². The third-order valence-corrected chi connectivity index (χ3v) is 2.19. The Labute approximate surface area is 96.3 Å². The molecule has 0 bridgehead atoms. The third-order valence-electron chi connectivity index (χ3n) is 1.62. The van der Waals surface area contributed by atoms with Crippen molar-refractivity contribution < 1.29 is 4.79 Å². The monoisotopic (exact) mass is 300 g/mol. The lowest BCUT2D eigenvalue weighted by Crippen LogP contribution is -2.19. The molecule has 0 radical (unpaired) electrons. The first-order chi connectivity index (χ1) is 6.63. The quantitative estimate of drug-likeness (QED) is 0.673. The first kappa shape index (κ1) is 11.0. The molecule has 1 N–H and O–H groups in total. The molecule has 0 saturated carbocycles. The molecule has 72 valence electrons. The molecule has 0 aliphatic rings. The lowest BCUT2D eigenvalue weighted by molar-refractivity contribution is -0.115. The van der Waals surface area contributed by atoms with Gasteiger partial charge >= 0.3 is 0 Å². The Morgan fingerprint density at radius 2 is 2.36 bits per heavy atom. The van der Waals surface area contributed by atoms with Crippen molar-refractivity contribution in [3.63, 3.8) is 0 Å². The number of halogens is 1. The summed E-state index contributed by atoms with van der Waals surface area (Å²) in [5.74, 6) is -0.0549. The van der Waals surface area contributed by atoms with Crippen molar-refractivity contribution in [1.29, 1.82) is 5.26 Å². The molecule has 0 aliphatic carbocycles. The summed E-state index contributed by atoms with van der Waals surface area (Å²) < 4.78 is -0.0849. The van der Waals surface area contributed by atoms with Crippen molar-refractivity contribution in [2.75, 3.05) is 5.32 Å². The Morgan fingerprint density at radius 3 is 2.93 bits per heavy atom. The average molecular weight is 300 g/mol. The summed E-state index contributed by atoms with van der Waals surface area (Å²) in [7, 11) is 0. The summed E-state index contributed by atoms with van der Waals surface area (Å²) in [5, 5.41) is 11.4. The molecule has 1 rings (SSSR count). The molecular formula is C10H9IN2O. The highest BCUT2D eigenvalue weighted by atomic mass is 127. The van der Waals surface area contributed by atoms with Gasteiger partial charge in [0, 0.05) is 5.69 Å². The average Bonchev–Trinajstić information content (AvgIpc) is 2.18. The van der Waals surface area contributed by atoms with Crippen molar-refractivity contribution >= 4 is 34.2 Å². The van der Waals surface area contributed by atoms with Crippen LogP contribution in [0.5, 0.6) is 0 Å². The van der Waals surface area contributed by atoms with Gasteiger partial charge in [0.2, 0.25) is 5.91 Å². The van der Waals surface area contributed by atoms with Gasteiger partial charge in [0.15, 0.2) is 0 Å². The van der Waals surface area contributed by atoms with E-state index in [0.717, 1.165) is 0 Å². The fourth-order valence-electron chi connectivity index (χ4n) is 0.908. The van der Waals surface area contributed by atoms with Crippen molar-refractivity contribution in [3.05, 3.63) is 29.8 Å². The van der Waals surface area contributed by atoms with Crippen LogP contribution in [0.2, 0.25) is 0 Å². The number of nitriles is 1. The molecule has 1 aromatic rings. The van der Waals surface area contributed by atoms with Crippen molar-refractivity contribution in [1.82, 2.24) is 0 Å². The molecule has 0 spiro atoms. The topological polar surface area (TPSA) is 52.9 Å². The fourth-order valence-corrected chi connectivity index (χ4v) is 1.06. The smallest absolute Gasteiger partial charge is 0.237 e. The van der Waals surface area contributed by atoms with E-state index in [1.807, 2.05) is 35.6 Å². The van der Waals surface area contributed by atoms with Gasteiger partial charge in [-0.25, -0.2) is 0 Å². The van der Waals surface area contributed by atoms with Gasteiger partial charge in [-0.15, -0.1) is 0 Å². The van der Waals surface area contributed by atoms with E-state index in [0.29, 0.717) is 11.3 Å². The number of nitrogens with zero attached hydrogens (tertiary/aromatic N) is 1. The van der Waals surface area contributed by atoms with Crippen LogP contribution >= 0.6 is 22.6 Å². The number of amides is 1. The summed E-state index contributed by atoms with van der Waals surface area (Å²) in [6.07, 6.45) is 0. The van der Waals surface area contributed by atoms with E-state index in [1.165, 1.54) is 0 Å². The number of rotatable bonds is 2. The van der Waals surface area contributed by atoms with Gasteiger partial charge in [-0.2, -0.15) is 5.26 Å². The van der Waals surface area contributed by atoms with E-state index in [-0.39, 0.29) is 9.83 Å². The van der Waals surface area contributed by atoms with Gasteiger partial charge in [-0.3, -0.25) is 4.79 Å². The molecule has 0 aromatic heterocycles. The molecule has 0 aliphatic heterocycles. The van der Waals surface area contributed by atoms with E-state index in [1.54, 1.807) is 24.3 Å². The molecule has 0 heterocycles. The fraction of sp³-hybridized carbons (Fsp3) is 0.200. The molecule has 1 amide bonds. The maximum absolute atomic E-state index is 11.3. The van der Waals surface area contributed by atoms with Gasteiger partial charge in [-0.05, 0) is 25.1 Å². The van der Waals surface area contributed by atoms with E-state index in [4.69, 9.17) is 5.26 Å². The van der Waals surface area contributed by atoms with Crippen LogP contribution in [0.3, 0.4) is 0 Å². The Bertz CT molecular complexity index is 382. The molecule has 14 heavy (non-hydrogen) atoms. The zero-order chi connectivity index (χ0) is 10.6. The number of carbonyl (C=O) groups is 1. The van der Waals surface area contributed by atoms with Crippen molar-refractivity contribution in [2.45, 2.75) is 10.8 Å². The molecule has 1 aromatic carbocycles. The van der Waals surface area contributed by atoms with Crippen LogP contribution in [0.4, 0.5) is 5.69 Å². The van der Waals surface area contributed by atoms with Gasteiger partial charge in [0.25, 0.3) is 0 Å². The van der Waals surface area contributed by atoms with Crippen LogP contribution < -0.4 is 5.32 Å². The maximum atomic E-state index is 11.3. The summed E-state index contributed by atoms with van der Waals surface area (Å²) in [6.45, 7) is 1.81. The Hall–Kier alpha value is -1.09. The highest BCUT2D eigenvalue weighted by Crippen LogP contribution is 2.11. The number of hydrogen-bond acceptors (Lipinski definition) is 2. The highest BCUT2D eigenvalue weighted by Gasteiger charge is 2.08. The summed E-state index contributed by atoms with van der Waals surface area (Å²) in [6, 6.07) is 8.87. The van der Waals surface area contributed by atoms with Crippen molar-refractivity contribution in [2.24, 2.45) is 0 Å². The molecule has 1 unspecified atom stereocenters. The Morgan fingerprint density at radius 1 is 1.64 bits per heavy atom. The van der Waals surface area contributed by atoms with Crippen LogP contribution in [-0.4, -0.2) is 9.83 Å². The van der Waals surface area contributed by atoms with Gasteiger partial charge in [-0.1, -0.05) is 28.7 Å². The summed E-state index contributed by atoms with van der Waals surface area (Å²) in [4.78, 5) is 11.3. The lowest BCUT2D eigenvalue weighted by atomic mass is 10.2. The zero-order valence-corrected chi connectivity index (χ0v) is 9.78. The second-order valence-corrected chi connectivity index (χ2v) is 4.67. The van der Waals surface area contributed by atoms with Crippen LogP contribution in [0.1, 0.15) is 12.5 Å². The molecule has 4 heteroatoms. The molecule has 3 nitrogen and oxygen atoms in total. The number of nitrogens with one attached hydrogen (secondary N) is 1. The number of alkyl halides is 1. The molecule has 0 saturated heterocycles. The van der Waals surface area contributed by atoms with Gasteiger partial charge < -0.3 is 5.32 Å². The van der Waals surface area contributed by atoms with Crippen LogP contribution in [0, 0.1) is 11.3 Å². The predicted molar refractivity (Wildman–Crippen MR) is 63.3 cm³/mol. The maximum Gasteiger partial charge on any atom is 0.237 e. The largest absolute Gasteiger partial charge is 0.325 e. The van der Waals surface area contributed by atoms with Crippen LogP contribution in [0.15, 0.2) is 24.3 Å². The van der Waals surface area contributed by atoms with E-state index < -0.39 is 0 Å². The minimum Gasteiger partial charge on any atom is -0.325 e. The minimum absolute atomic E-state index is 0.0549. The SMILES string of the molecule is CC(I)C(=O)Nc1cccc(C#N)c1. The molecular weight excluding hydrogens is 291 g/mol. The standard InChI is InChI=1S/C10H9IN2O/c1-7(11)10(14)13-9-4-2-3-8(5-9)6-12/h2-5,7H,1H3,(H,13,14). The number of carbonyl (C=O) groups excluding carboxylic acids is 1. The first-order valence-electron chi connectivity index (χ1n) is 4.08. The third kappa shape index (κ3) is 3.00. The van der Waals surface area contributed by atoms with E-state index in [9.17, 15) is 4.79 Å². The Balaban J connectivity index is 2.78. The summed E-state index contributed by atoms with van der Waals surface area (Å²) in [5.41, 5.74) is 1.21. The van der Waals surface area contributed by atoms with Crippen molar-refractivity contribution in [3.8, 4) is 6.07 Å². The Kier molecular flexibility index (Phi) is 3.89. The van der Waals surface area contributed by atoms with E-state index >= 15 is 0 Å². The van der Waals surface area contributed by atoms with Gasteiger partial charge in [0.1, 0.15) is 0 Å². The van der Waals surface area contributed by atoms with Gasteiger partial charge in [0.05, 0.1) is 15.6 Å². The first-order valence-corrected chi connectivity index (χ1v) is 5.33. The number of hydrogen-bond donors (Lipinski definition) is 1. The second kappa shape index (κ2) is 4.96. The molecule has 0 fully saturated rings.